The van der Waals surface area contributed by atoms with E-state index >= 15 is 0 Å². The zero-order valence-electron chi connectivity index (χ0n) is 13.1. The summed E-state index contributed by atoms with van der Waals surface area (Å²) in [4.78, 5) is 9.58. The molecule has 5 rings (SSSR count). The molecule has 3 heteroatoms. The number of nitrogens with zero attached hydrogens (tertiary/aromatic N) is 2. The van der Waals surface area contributed by atoms with Crippen molar-refractivity contribution in [1.29, 1.82) is 0 Å². The molecule has 3 aromatic rings. The van der Waals surface area contributed by atoms with Crippen LogP contribution >= 0.6 is 0 Å². The molecule has 0 N–H and O–H groups in total. The highest BCUT2D eigenvalue weighted by molar-refractivity contribution is 5.94. The van der Waals surface area contributed by atoms with Crippen LogP contribution in [-0.2, 0) is 11.2 Å². The van der Waals surface area contributed by atoms with Crippen LogP contribution in [0, 0.1) is 0 Å². The van der Waals surface area contributed by atoms with Crippen molar-refractivity contribution in [2.24, 2.45) is 4.99 Å². The van der Waals surface area contributed by atoms with E-state index in [2.05, 4.69) is 36.4 Å². The Morgan fingerprint density at radius 2 is 1.58 bits per heavy atom. The van der Waals surface area contributed by atoms with Crippen LogP contribution in [0.5, 0.6) is 0 Å². The zero-order chi connectivity index (χ0) is 15.9. The second kappa shape index (κ2) is 5.31. The number of ether oxygens (including phenoxy) is 1. The van der Waals surface area contributed by atoms with Crippen molar-refractivity contribution >= 4 is 5.90 Å². The van der Waals surface area contributed by atoms with Gasteiger partial charge in [0, 0.05) is 12.0 Å². The smallest absolute Gasteiger partial charge is 0.236 e. The predicted molar refractivity (Wildman–Crippen MR) is 94.0 cm³/mol. The second-order valence-corrected chi connectivity index (χ2v) is 6.21. The van der Waals surface area contributed by atoms with Gasteiger partial charge in [0.25, 0.3) is 0 Å². The molecule has 2 heterocycles. The van der Waals surface area contributed by atoms with Crippen LogP contribution in [0.25, 0.3) is 11.3 Å². The molecule has 0 saturated carbocycles. The van der Waals surface area contributed by atoms with Gasteiger partial charge in [-0.25, -0.2) is 9.98 Å². The summed E-state index contributed by atoms with van der Waals surface area (Å²) in [5.74, 6) is 0.664. The Labute approximate surface area is 140 Å². The van der Waals surface area contributed by atoms with Crippen molar-refractivity contribution in [2.75, 3.05) is 0 Å². The quantitative estimate of drug-likeness (QED) is 0.711. The molecule has 0 radical (unpaired) electrons. The van der Waals surface area contributed by atoms with E-state index in [4.69, 9.17) is 14.7 Å². The number of hydrogen-bond acceptors (Lipinski definition) is 3. The lowest BCUT2D eigenvalue weighted by atomic mass is 10.1. The van der Waals surface area contributed by atoms with E-state index < -0.39 is 0 Å². The normalized spacial score (nSPS) is 20.9. The Morgan fingerprint density at radius 1 is 0.792 bits per heavy atom. The fourth-order valence-corrected chi connectivity index (χ4v) is 3.55. The maximum atomic E-state index is 6.13. The molecule has 1 aliphatic carbocycles. The summed E-state index contributed by atoms with van der Waals surface area (Å²) >= 11 is 0. The topological polar surface area (TPSA) is 34.5 Å². The van der Waals surface area contributed by atoms with Gasteiger partial charge < -0.3 is 4.74 Å². The second-order valence-electron chi connectivity index (χ2n) is 6.21. The fourth-order valence-electron chi connectivity index (χ4n) is 3.55. The van der Waals surface area contributed by atoms with Gasteiger partial charge in [-0.05, 0) is 23.3 Å². The summed E-state index contributed by atoms with van der Waals surface area (Å²) in [5.41, 5.74) is 5.49. The summed E-state index contributed by atoms with van der Waals surface area (Å²) in [6, 6.07) is 24.8. The van der Waals surface area contributed by atoms with Crippen LogP contribution in [0.4, 0.5) is 0 Å². The maximum absolute atomic E-state index is 6.13. The SMILES string of the molecule is c1ccc(-c2cccc(C3=NC4c5ccccc5CC4O3)n2)cc1. The third kappa shape index (κ3) is 2.13. The Kier molecular flexibility index (Phi) is 2.98. The summed E-state index contributed by atoms with van der Waals surface area (Å²) in [6.45, 7) is 0. The van der Waals surface area contributed by atoms with Gasteiger partial charge in [-0.1, -0.05) is 60.7 Å². The minimum absolute atomic E-state index is 0.110. The van der Waals surface area contributed by atoms with Gasteiger partial charge in [0.05, 0.1) is 5.69 Å². The van der Waals surface area contributed by atoms with Crippen LogP contribution in [0.3, 0.4) is 0 Å². The van der Waals surface area contributed by atoms with Gasteiger partial charge in [0.2, 0.25) is 5.90 Å². The van der Waals surface area contributed by atoms with Crippen LogP contribution in [0.2, 0.25) is 0 Å². The Balaban J connectivity index is 1.51. The Hall–Kier alpha value is -2.94. The van der Waals surface area contributed by atoms with Gasteiger partial charge in [-0.2, -0.15) is 0 Å². The van der Waals surface area contributed by atoms with E-state index in [1.54, 1.807) is 0 Å². The fraction of sp³-hybridized carbons (Fsp3) is 0.143. The minimum Gasteiger partial charge on any atom is -0.470 e. The average molecular weight is 312 g/mol. The number of benzene rings is 2. The monoisotopic (exact) mass is 312 g/mol. The number of pyridine rings is 1. The number of hydrogen-bond donors (Lipinski definition) is 0. The van der Waals surface area contributed by atoms with Crippen LogP contribution < -0.4 is 0 Å². The molecule has 1 aliphatic heterocycles. The zero-order valence-corrected chi connectivity index (χ0v) is 13.1. The van der Waals surface area contributed by atoms with E-state index in [1.807, 2.05) is 36.4 Å². The lowest BCUT2D eigenvalue weighted by Crippen LogP contribution is -2.14. The Morgan fingerprint density at radius 3 is 2.50 bits per heavy atom. The molecule has 0 bridgehead atoms. The maximum Gasteiger partial charge on any atom is 0.236 e. The van der Waals surface area contributed by atoms with E-state index in [1.165, 1.54) is 11.1 Å². The lowest BCUT2D eigenvalue weighted by Gasteiger charge is -2.09. The molecule has 0 fully saturated rings. The van der Waals surface area contributed by atoms with Crippen molar-refractivity contribution in [2.45, 2.75) is 18.6 Å². The number of aliphatic imine (C=N–C) groups is 1. The first-order valence-electron chi connectivity index (χ1n) is 8.23. The molecule has 0 amide bonds. The van der Waals surface area contributed by atoms with Crippen molar-refractivity contribution in [1.82, 2.24) is 4.98 Å². The number of aromatic nitrogens is 1. The highest BCUT2D eigenvalue weighted by atomic mass is 16.5. The molecule has 2 aromatic carbocycles. The summed E-state index contributed by atoms with van der Waals surface area (Å²) in [7, 11) is 0. The van der Waals surface area contributed by atoms with Gasteiger partial charge >= 0.3 is 0 Å². The van der Waals surface area contributed by atoms with E-state index in [0.29, 0.717) is 5.90 Å². The molecule has 0 spiro atoms. The van der Waals surface area contributed by atoms with Gasteiger partial charge in [-0.15, -0.1) is 0 Å². The summed E-state index contributed by atoms with van der Waals surface area (Å²) < 4.78 is 6.13. The molecule has 2 aliphatic rings. The van der Waals surface area contributed by atoms with Crippen molar-refractivity contribution in [3.63, 3.8) is 0 Å². The molecule has 1 aromatic heterocycles. The highest BCUT2D eigenvalue weighted by Crippen LogP contribution is 2.40. The Bertz CT molecular complexity index is 933. The molecule has 116 valence electrons. The summed E-state index contributed by atoms with van der Waals surface area (Å²) in [5, 5.41) is 0. The van der Waals surface area contributed by atoms with Gasteiger partial charge in [0.1, 0.15) is 17.8 Å². The standard InChI is InChI=1S/C21H16N2O/c1-2-7-14(8-3-1)17-11-6-12-18(22-17)21-23-20-16-10-5-4-9-15(16)13-19(20)24-21/h1-12,19-20H,13H2. The molecule has 3 nitrogen and oxygen atoms in total. The third-order valence-electron chi connectivity index (χ3n) is 4.70. The van der Waals surface area contributed by atoms with Crippen molar-refractivity contribution in [3.8, 4) is 11.3 Å². The van der Waals surface area contributed by atoms with Crippen LogP contribution in [0.15, 0.2) is 77.8 Å². The molecule has 24 heavy (non-hydrogen) atoms. The van der Waals surface area contributed by atoms with Gasteiger partial charge in [-0.3, -0.25) is 0 Å². The molecule has 2 unspecified atom stereocenters. The molecular weight excluding hydrogens is 296 g/mol. The first kappa shape index (κ1) is 13.5. The number of fused-ring (bicyclic) bond motifs is 3. The lowest BCUT2D eigenvalue weighted by molar-refractivity contribution is 0.206. The molecule has 2 atom stereocenters. The first-order chi connectivity index (χ1) is 11.9. The predicted octanol–water partition coefficient (Wildman–Crippen LogP) is 4.19. The van der Waals surface area contributed by atoms with Gasteiger partial charge in [0.15, 0.2) is 0 Å². The highest BCUT2D eigenvalue weighted by Gasteiger charge is 2.39. The van der Waals surface area contributed by atoms with Crippen molar-refractivity contribution < 1.29 is 4.74 Å². The van der Waals surface area contributed by atoms with E-state index in [0.717, 1.165) is 23.4 Å². The molecular formula is C21H16N2O. The van der Waals surface area contributed by atoms with Crippen molar-refractivity contribution in [3.05, 3.63) is 89.6 Å². The first-order valence-corrected chi connectivity index (χ1v) is 8.23. The van der Waals surface area contributed by atoms with E-state index in [-0.39, 0.29) is 12.1 Å². The summed E-state index contributed by atoms with van der Waals surface area (Å²) in [6.07, 6.45) is 1.03. The largest absolute Gasteiger partial charge is 0.470 e. The average Bonchev–Trinajstić information content (AvgIpc) is 3.21. The molecule has 0 saturated heterocycles. The van der Waals surface area contributed by atoms with Crippen LogP contribution in [0.1, 0.15) is 22.9 Å². The van der Waals surface area contributed by atoms with E-state index in [9.17, 15) is 0 Å². The minimum atomic E-state index is 0.110. The van der Waals surface area contributed by atoms with Crippen LogP contribution in [-0.4, -0.2) is 17.0 Å². The third-order valence-corrected chi connectivity index (χ3v) is 4.70. The number of rotatable bonds is 2.